The van der Waals surface area contributed by atoms with Crippen molar-refractivity contribution in [2.75, 3.05) is 11.1 Å². The number of carbonyl (C=O) groups excluding carboxylic acids is 1. The normalized spacial score (nSPS) is 10.9. The van der Waals surface area contributed by atoms with E-state index in [1.165, 1.54) is 11.8 Å². The lowest BCUT2D eigenvalue weighted by Crippen LogP contribution is -2.15. The van der Waals surface area contributed by atoms with Crippen molar-refractivity contribution in [3.8, 4) is 0 Å². The fraction of sp³-hybridized carbons (Fsp3) is 0.375. The third-order valence-electron chi connectivity index (χ3n) is 3.19. The molecule has 5 heteroatoms. The van der Waals surface area contributed by atoms with Crippen LogP contribution in [0.15, 0.2) is 35.2 Å². The minimum Gasteiger partial charge on any atom is -0.322 e. The molecule has 0 aliphatic heterocycles. The van der Waals surface area contributed by atoms with Crippen LogP contribution in [-0.4, -0.2) is 21.4 Å². The number of nitrogens with one attached hydrogen (secondary N) is 1. The average Bonchev–Trinajstić information content (AvgIpc) is 2.74. The Kier molecular flexibility index (Phi) is 5.07. The number of benzene rings is 1. The molecule has 4 nitrogen and oxygen atoms in total. The SMILES string of the molecule is Cc1nn(C(C)C)c(C)c1NC(=O)CSc1ccccc1. The molecule has 1 aromatic carbocycles. The first-order valence-electron chi connectivity index (χ1n) is 7.02. The minimum absolute atomic E-state index is 0.00152. The average molecular weight is 303 g/mol. The Labute approximate surface area is 129 Å². The number of hydrogen-bond donors (Lipinski definition) is 1. The molecule has 0 atom stereocenters. The highest BCUT2D eigenvalue weighted by Gasteiger charge is 2.15. The van der Waals surface area contributed by atoms with Gasteiger partial charge < -0.3 is 5.32 Å². The van der Waals surface area contributed by atoms with E-state index in [1.54, 1.807) is 0 Å². The topological polar surface area (TPSA) is 46.9 Å². The Morgan fingerprint density at radius 2 is 1.95 bits per heavy atom. The van der Waals surface area contributed by atoms with Crippen LogP contribution in [0.5, 0.6) is 0 Å². The predicted octanol–water partition coefficient (Wildman–Crippen LogP) is 3.81. The van der Waals surface area contributed by atoms with Crippen molar-refractivity contribution in [1.29, 1.82) is 0 Å². The maximum absolute atomic E-state index is 12.1. The van der Waals surface area contributed by atoms with E-state index < -0.39 is 0 Å². The van der Waals surface area contributed by atoms with Gasteiger partial charge in [-0.15, -0.1) is 11.8 Å². The Morgan fingerprint density at radius 1 is 1.29 bits per heavy atom. The molecule has 0 aliphatic rings. The van der Waals surface area contributed by atoms with Gasteiger partial charge in [-0.2, -0.15) is 5.10 Å². The third kappa shape index (κ3) is 3.88. The number of carbonyl (C=O) groups is 1. The molecule has 1 amide bonds. The van der Waals surface area contributed by atoms with E-state index in [2.05, 4.69) is 24.3 Å². The molecule has 21 heavy (non-hydrogen) atoms. The van der Waals surface area contributed by atoms with E-state index in [0.717, 1.165) is 22.0 Å². The summed E-state index contributed by atoms with van der Waals surface area (Å²) in [4.78, 5) is 13.2. The molecule has 0 saturated carbocycles. The monoisotopic (exact) mass is 303 g/mol. The molecular formula is C16H21N3OS. The van der Waals surface area contributed by atoms with Crippen LogP contribution in [-0.2, 0) is 4.79 Å². The Balaban J connectivity index is 2.00. The van der Waals surface area contributed by atoms with Crippen LogP contribution in [0.4, 0.5) is 5.69 Å². The van der Waals surface area contributed by atoms with Crippen molar-refractivity contribution in [3.63, 3.8) is 0 Å². The van der Waals surface area contributed by atoms with Crippen LogP contribution in [0.25, 0.3) is 0 Å². The zero-order valence-corrected chi connectivity index (χ0v) is 13.7. The van der Waals surface area contributed by atoms with Crippen LogP contribution in [0.2, 0.25) is 0 Å². The molecular weight excluding hydrogens is 282 g/mol. The van der Waals surface area contributed by atoms with Crippen LogP contribution < -0.4 is 5.32 Å². The molecule has 0 unspecified atom stereocenters. The van der Waals surface area contributed by atoms with Gasteiger partial charge in [-0.1, -0.05) is 18.2 Å². The summed E-state index contributed by atoms with van der Waals surface area (Å²) < 4.78 is 1.94. The second kappa shape index (κ2) is 6.80. The lowest BCUT2D eigenvalue weighted by atomic mass is 10.3. The predicted molar refractivity (Wildman–Crippen MR) is 87.9 cm³/mol. The van der Waals surface area contributed by atoms with E-state index in [-0.39, 0.29) is 11.9 Å². The van der Waals surface area contributed by atoms with Crippen molar-refractivity contribution in [3.05, 3.63) is 41.7 Å². The molecule has 2 rings (SSSR count). The van der Waals surface area contributed by atoms with Gasteiger partial charge in [0, 0.05) is 10.9 Å². The maximum Gasteiger partial charge on any atom is 0.234 e. The van der Waals surface area contributed by atoms with Gasteiger partial charge in [-0.25, -0.2) is 0 Å². The van der Waals surface area contributed by atoms with E-state index in [0.29, 0.717) is 5.75 Å². The summed E-state index contributed by atoms with van der Waals surface area (Å²) in [6.45, 7) is 8.07. The zero-order valence-electron chi connectivity index (χ0n) is 12.9. The van der Waals surface area contributed by atoms with Gasteiger partial charge in [-0.3, -0.25) is 9.48 Å². The Bertz CT molecular complexity index is 620. The molecule has 112 valence electrons. The molecule has 0 saturated heterocycles. The smallest absolute Gasteiger partial charge is 0.234 e. The molecule has 0 radical (unpaired) electrons. The van der Waals surface area contributed by atoms with Crippen molar-refractivity contribution in [1.82, 2.24) is 9.78 Å². The lowest BCUT2D eigenvalue weighted by Gasteiger charge is -2.09. The molecule has 1 aromatic heterocycles. The fourth-order valence-corrected chi connectivity index (χ4v) is 2.91. The number of thioether (sulfide) groups is 1. The van der Waals surface area contributed by atoms with Crippen LogP contribution in [0.3, 0.4) is 0 Å². The number of aromatic nitrogens is 2. The standard InChI is InChI=1S/C16H21N3OS/c1-11(2)19-13(4)16(12(3)18-19)17-15(20)10-21-14-8-6-5-7-9-14/h5-9,11H,10H2,1-4H3,(H,17,20). The molecule has 0 spiro atoms. The summed E-state index contributed by atoms with van der Waals surface area (Å²) in [6.07, 6.45) is 0. The van der Waals surface area contributed by atoms with E-state index in [1.807, 2.05) is 48.9 Å². The second-order valence-electron chi connectivity index (χ2n) is 5.23. The fourth-order valence-electron chi connectivity index (χ4n) is 2.19. The number of nitrogens with zero attached hydrogens (tertiary/aromatic N) is 2. The zero-order chi connectivity index (χ0) is 15.4. The summed E-state index contributed by atoms with van der Waals surface area (Å²) in [5, 5.41) is 7.46. The summed E-state index contributed by atoms with van der Waals surface area (Å²) in [5.74, 6) is 0.397. The number of hydrogen-bond acceptors (Lipinski definition) is 3. The molecule has 1 heterocycles. The van der Waals surface area contributed by atoms with E-state index >= 15 is 0 Å². The van der Waals surface area contributed by atoms with E-state index in [4.69, 9.17) is 0 Å². The van der Waals surface area contributed by atoms with Gasteiger partial charge in [0.25, 0.3) is 0 Å². The van der Waals surface area contributed by atoms with Crippen LogP contribution in [0.1, 0.15) is 31.3 Å². The summed E-state index contributed by atoms with van der Waals surface area (Å²) in [7, 11) is 0. The minimum atomic E-state index is -0.00152. The molecule has 0 bridgehead atoms. The largest absolute Gasteiger partial charge is 0.322 e. The van der Waals surface area contributed by atoms with Gasteiger partial charge in [-0.05, 0) is 39.8 Å². The van der Waals surface area contributed by atoms with Gasteiger partial charge in [0.1, 0.15) is 0 Å². The van der Waals surface area contributed by atoms with Gasteiger partial charge >= 0.3 is 0 Å². The molecule has 0 fully saturated rings. The highest BCUT2D eigenvalue weighted by Crippen LogP contribution is 2.23. The first-order chi connectivity index (χ1) is 9.99. The summed E-state index contributed by atoms with van der Waals surface area (Å²) in [5.41, 5.74) is 2.70. The molecule has 2 aromatic rings. The number of aryl methyl sites for hydroxylation is 1. The van der Waals surface area contributed by atoms with Crippen molar-refractivity contribution in [2.24, 2.45) is 0 Å². The first kappa shape index (κ1) is 15.6. The third-order valence-corrected chi connectivity index (χ3v) is 4.20. The van der Waals surface area contributed by atoms with Crippen molar-refractivity contribution in [2.45, 2.75) is 38.6 Å². The Morgan fingerprint density at radius 3 is 2.52 bits per heavy atom. The van der Waals surface area contributed by atoms with Gasteiger partial charge in [0.15, 0.2) is 0 Å². The van der Waals surface area contributed by atoms with Crippen molar-refractivity contribution < 1.29 is 4.79 Å². The number of anilines is 1. The van der Waals surface area contributed by atoms with Crippen LogP contribution >= 0.6 is 11.8 Å². The van der Waals surface area contributed by atoms with Crippen molar-refractivity contribution >= 4 is 23.4 Å². The molecule has 1 N–H and O–H groups in total. The van der Waals surface area contributed by atoms with Crippen LogP contribution in [0, 0.1) is 13.8 Å². The first-order valence-corrected chi connectivity index (χ1v) is 8.01. The Hall–Kier alpha value is -1.75. The lowest BCUT2D eigenvalue weighted by molar-refractivity contribution is -0.113. The van der Waals surface area contributed by atoms with E-state index in [9.17, 15) is 4.79 Å². The number of rotatable bonds is 5. The summed E-state index contributed by atoms with van der Waals surface area (Å²) >= 11 is 1.53. The van der Waals surface area contributed by atoms with Gasteiger partial charge in [0.2, 0.25) is 5.91 Å². The maximum atomic E-state index is 12.1. The number of amides is 1. The summed E-state index contributed by atoms with van der Waals surface area (Å²) in [6, 6.07) is 10.2. The quantitative estimate of drug-likeness (QED) is 0.854. The molecule has 0 aliphatic carbocycles. The highest BCUT2D eigenvalue weighted by atomic mass is 32.2. The highest BCUT2D eigenvalue weighted by molar-refractivity contribution is 8.00. The second-order valence-corrected chi connectivity index (χ2v) is 6.28. The van der Waals surface area contributed by atoms with Gasteiger partial charge in [0.05, 0.1) is 22.8 Å².